The molecule has 0 spiro atoms. The maximum absolute atomic E-state index is 12.9. The number of halogens is 3. The van der Waals surface area contributed by atoms with Crippen molar-refractivity contribution in [3.05, 3.63) is 65.2 Å². The van der Waals surface area contributed by atoms with Crippen molar-refractivity contribution in [2.75, 3.05) is 0 Å². The van der Waals surface area contributed by atoms with Gasteiger partial charge in [-0.2, -0.15) is 13.2 Å². The first kappa shape index (κ1) is 16.9. The van der Waals surface area contributed by atoms with E-state index in [4.69, 9.17) is 0 Å². The van der Waals surface area contributed by atoms with E-state index in [2.05, 4.69) is 5.32 Å². The van der Waals surface area contributed by atoms with Crippen molar-refractivity contribution in [2.24, 2.45) is 0 Å². The summed E-state index contributed by atoms with van der Waals surface area (Å²) < 4.78 is 38.7. The van der Waals surface area contributed by atoms with Crippen molar-refractivity contribution in [2.45, 2.75) is 25.6 Å². The molecule has 122 valence electrons. The van der Waals surface area contributed by atoms with Crippen LogP contribution in [-0.2, 0) is 17.4 Å². The van der Waals surface area contributed by atoms with Gasteiger partial charge in [0.2, 0.25) is 5.91 Å². The molecule has 0 saturated heterocycles. The van der Waals surface area contributed by atoms with E-state index in [9.17, 15) is 23.1 Å². The van der Waals surface area contributed by atoms with Gasteiger partial charge in [-0.05, 0) is 36.2 Å². The Morgan fingerprint density at radius 3 is 2.52 bits per heavy atom. The van der Waals surface area contributed by atoms with Gasteiger partial charge in [0.1, 0.15) is 5.75 Å². The minimum Gasteiger partial charge on any atom is -0.508 e. The summed E-state index contributed by atoms with van der Waals surface area (Å²) in [4.78, 5) is 12.0. The smallest absolute Gasteiger partial charge is 0.416 e. The van der Waals surface area contributed by atoms with Crippen LogP contribution in [0.15, 0.2) is 48.5 Å². The summed E-state index contributed by atoms with van der Waals surface area (Å²) in [6.07, 6.45) is -4.85. The number of benzene rings is 2. The fraction of sp³-hybridized carbons (Fsp3) is 0.235. The highest BCUT2D eigenvalue weighted by Gasteiger charge is 2.33. The molecule has 3 nitrogen and oxygen atoms in total. The molecule has 0 saturated carbocycles. The van der Waals surface area contributed by atoms with Crippen molar-refractivity contribution < 1.29 is 23.1 Å². The normalized spacial score (nSPS) is 12.7. The molecule has 2 rings (SSSR count). The topological polar surface area (TPSA) is 49.3 Å². The van der Waals surface area contributed by atoms with Crippen LogP contribution in [0.4, 0.5) is 13.2 Å². The third-order valence-corrected chi connectivity index (χ3v) is 3.42. The maximum atomic E-state index is 12.9. The van der Waals surface area contributed by atoms with Crippen LogP contribution in [0.2, 0.25) is 0 Å². The van der Waals surface area contributed by atoms with Crippen molar-refractivity contribution >= 4 is 5.91 Å². The van der Waals surface area contributed by atoms with Crippen LogP contribution in [0.5, 0.6) is 5.75 Å². The van der Waals surface area contributed by atoms with E-state index in [1.165, 1.54) is 30.3 Å². The van der Waals surface area contributed by atoms with Gasteiger partial charge in [0.25, 0.3) is 0 Å². The molecule has 1 amide bonds. The average Bonchev–Trinajstić information content (AvgIpc) is 2.46. The third kappa shape index (κ3) is 4.48. The van der Waals surface area contributed by atoms with Crippen molar-refractivity contribution in [3.63, 3.8) is 0 Å². The Balaban J connectivity index is 2.09. The first-order valence-electron chi connectivity index (χ1n) is 7.01. The van der Waals surface area contributed by atoms with Crippen molar-refractivity contribution in [1.29, 1.82) is 0 Å². The second kappa shape index (κ2) is 6.73. The minimum atomic E-state index is -4.49. The number of carbonyl (C=O) groups is 1. The summed E-state index contributed by atoms with van der Waals surface area (Å²) in [6.45, 7) is 1.70. The van der Waals surface area contributed by atoms with E-state index in [0.29, 0.717) is 5.56 Å². The summed E-state index contributed by atoms with van der Waals surface area (Å²) in [6, 6.07) is 10.9. The lowest BCUT2D eigenvalue weighted by molar-refractivity contribution is -0.138. The Kier molecular flexibility index (Phi) is 4.93. The third-order valence-electron chi connectivity index (χ3n) is 3.42. The largest absolute Gasteiger partial charge is 0.508 e. The van der Waals surface area contributed by atoms with Crippen molar-refractivity contribution in [3.8, 4) is 5.75 Å². The van der Waals surface area contributed by atoms with Crippen LogP contribution in [0.1, 0.15) is 29.7 Å². The van der Waals surface area contributed by atoms with Gasteiger partial charge in [-0.1, -0.05) is 30.3 Å². The summed E-state index contributed by atoms with van der Waals surface area (Å²) in [5.74, 6) is -0.455. The van der Waals surface area contributed by atoms with E-state index in [-0.39, 0.29) is 17.7 Å². The first-order chi connectivity index (χ1) is 10.8. The SMILES string of the molecule is C[C@@H](NC(=O)Cc1ccccc1C(F)(F)F)c1cccc(O)c1. The van der Waals surface area contributed by atoms with Crippen LogP contribution in [0.25, 0.3) is 0 Å². The van der Waals surface area contributed by atoms with Crippen LogP contribution in [0.3, 0.4) is 0 Å². The molecule has 0 bridgehead atoms. The molecule has 0 fully saturated rings. The molecular formula is C17H16F3NO2. The summed E-state index contributed by atoms with van der Waals surface area (Å²) in [5, 5.41) is 12.1. The predicted molar refractivity (Wildman–Crippen MR) is 79.8 cm³/mol. The van der Waals surface area contributed by atoms with E-state index in [1.54, 1.807) is 19.1 Å². The highest BCUT2D eigenvalue weighted by Crippen LogP contribution is 2.32. The number of alkyl halides is 3. The van der Waals surface area contributed by atoms with Crippen molar-refractivity contribution in [1.82, 2.24) is 5.32 Å². The predicted octanol–water partition coefficient (Wildman–Crippen LogP) is 3.83. The Hall–Kier alpha value is -2.50. The second-order valence-corrected chi connectivity index (χ2v) is 5.22. The zero-order chi connectivity index (χ0) is 17.0. The Morgan fingerprint density at radius 2 is 1.87 bits per heavy atom. The highest BCUT2D eigenvalue weighted by molar-refractivity contribution is 5.79. The Morgan fingerprint density at radius 1 is 1.17 bits per heavy atom. The fourth-order valence-corrected chi connectivity index (χ4v) is 2.29. The number of aromatic hydroxyl groups is 1. The first-order valence-corrected chi connectivity index (χ1v) is 7.01. The summed E-state index contributed by atoms with van der Waals surface area (Å²) in [7, 11) is 0. The fourth-order valence-electron chi connectivity index (χ4n) is 2.29. The molecule has 6 heteroatoms. The molecule has 0 aliphatic rings. The quantitative estimate of drug-likeness (QED) is 0.898. The average molecular weight is 323 g/mol. The number of phenols is 1. The molecule has 0 unspecified atom stereocenters. The number of rotatable bonds is 4. The van der Waals surface area contributed by atoms with Crippen LogP contribution >= 0.6 is 0 Å². The molecule has 2 N–H and O–H groups in total. The van der Waals surface area contributed by atoms with Gasteiger partial charge in [0, 0.05) is 0 Å². The lowest BCUT2D eigenvalue weighted by Gasteiger charge is -2.16. The molecule has 1 atom stereocenters. The zero-order valence-electron chi connectivity index (χ0n) is 12.4. The molecule has 23 heavy (non-hydrogen) atoms. The van der Waals surface area contributed by atoms with Crippen LogP contribution < -0.4 is 5.32 Å². The van der Waals surface area contributed by atoms with E-state index in [0.717, 1.165) is 6.07 Å². The minimum absolute atomic E-state index is 0.0611. The zero-order valence-corrected chi connectivity index (χ0v) is 12.4. The molecule has 0 aromatic heterocycles. The summed E-state index contributed by atoms with van der Waals surface area (Å²) in [5.41, 5.74) is -0.205. The molecule has 0 aliphatic carbocycles. The van der Waals surface area contributed by atoms with Gasteiger partial charge in [-0.25, -0.2) is 0 Å². The number of amides is 1. The number of nitrogens with one attached hydrogen (secondary N) is 1. The van der Waals surface area contributed by atoms with Crippen LogP contribution in [0, 0.1) is 0 Å². The molecule has 0 aliphatic heterocycles. The standard InChI is InChI=1S/C17H16F3NO2/c1-11(12-6-4-7-14(22)9-12)21-16(23)10-13-5-2-3-8-15(13)17(18,19)20/h2-9,11,22H,10H2,1H3,(H,21,23)/t11-/m1/s1. The monoisotopic (exact) mass is 323 g/mol. The second-order valence-electron chi connectivity index (χ2n) is 5.22. The van der Waals surface area contributed by atoms with Gasteiger partial charge < -0.3 is 10.4 Å². The van der Waals surface area contributed by atoms with E-state index >= 15 is 0 Å². The maximum Gasteiger partial charge on any atom is 0.416 e. The number of hydrogen-bond donors (Lipinski definition) is 2. The molecular weight excluding hydrogens is 307 g/mol. The van der Waals surface area contributed by atoms with Gasteiger partial charge in [0.05, 0.1) is 18.0 Å². The van der Waals surface area contributed by atoms with Gasteiger partial charge in [0.15, 0.2) is 0 Å². The Bertz CT molecular complexity index is 698. The molecule has 2 aromatic carbocycles. The number of hydrogen-bond acceptors (Lipinski definition) is 2. The lowest BCUT2D eigenvalue weighted by Crippen LogP contribution is -2.28. The van der Waals surface area contributed by atoms with E-state index < -0.39 is 23.7 Å². The number of carbonyl (C=O) groups excluding carboxylic acids is 1. The molecule has 2 aromatic rings. The van der Waals surface area contributed by atoms with Crippen LogP contribution in [-0.4, -0.2) is 11.0 Å². The number of phenolic OH excluding ortho intramolecular Hbond substituents is 1. The van der Waals surface area contributed by atoms with E-state index in [1.807, 2.05) is 0 Å². The Labute approximate surface area is 131 Å². The summed E-state index contributed by atoms with van der Waals surface area (Å²) >= 11 is 0. The van der Waals surface area contributed by atoms with Gasteiger partial charge >= 0.3 is 6.18 Å². The van der Waals surface area contributed by atoms with Gasteiger partial charge in [-0.3, -0.25) is 4.79 Å². The molecule has 0 heterocycles. The highest BCUT2D eigenvalue weighted by atomic mass is 19.4. The van der Waals surface area contributed by atoms with Gasteiger partial charge in [-0.15, -0.1) is 0 Å². The molecule has 0 radical (unpaired) electrons. The lowest BCUT2D eigenvalue weighted by atomic mass is 10.0.